The van der Waals surface area contributed by atoms with Gasteiger partial charge < -0.3 is 24.2 Å². The molecule has 38 heavy (non-hydrogen) atoms. The Labute approximate surface area is 222 Å². The average Bonchev–Trinajstić information content (AvgIpc) is 3.64. The van der Waals surface area contributed by atoms with Crippen molar-refractivity contribution in [2.45, 2.75) is 63.7 Å². The number of piperidine rings is 1. The third-order valence-electron chi connectivity index (χ3n) is 8.30. The summed E-state index contributed by atoms with van der Waals surface area (Å²) in [6.45, 7) is 3.27. The monoisotopic (exact) mass is 521 g/mol. The molecule has 2 aromatic rings. The molecule has 5 heterocycles. The first-order chi connectivity index (χ1) is 18.6. The Kier molecular flexibility index (Phi) is 7.25. The molecule has 3 fully saturated rings. The van der Waals surface area contributed by atoms with Crippen molar-refractivity contribution in [1.82, 2.24) is 15.0 Å². The van der Waals surface area contributed by atoms with E-state index in [1.165, 1.54) is 0 Å². The third kappa shape index (κ3) is 5.11. The first-order valence-electron chi connectivity index (χ1n) is 13.8. The van der Waals surface area contributed by atoms with Crippen molar-refractivity contribution < 1.29 is 24.1 Å². The van der Waals surface area contributed by atoms with Crippen molar-refractivity contribution in [3.8, 4) is 11.8 Å². The van der Waals surface area contributed by atoms with Gasteiger partial charge in [0, 0.05) is 44.3 Å². The lowest BCUT2D eigenvalue weighted by molar-refractivity contribution is 0.0197. The zero-order chi connectivity index (χ0) is 26.1. The number of Topliss-reactive ketones (excluding diaryl/α,β-unsaturated/α-hetero) is 1. The van der Waals surface area contributed by atoms with Gasteiger partial charge in [0.15, 0.2) is 5.78 Å². The van der Waals surface area contributed by atoms with E-state index >= 15 is 0 Å². The van der Waals surface area contributed by atoms with Gasteiger partial charge in [-0.05, 0) is 50.5 Å². The summed E-state index contributed by atoms with van der Waals surface area (Å²) in [6.07, 6.45) is 7.12. The number of carbonyl (C=O) groups excluding carboxylic acids is 1. The number of carbonyl (C=O) groups is 1. The topological polar surface area (TPSA) is 119 Å². The molecule has 4 aliphatic rings. The van der Waals surface area contributed by atoms with Gasteiger partial charge in [-0.1, -0.05) is 0 Å². The third-order valence-corrected chi connectivity index (χ3v) is 8.30. The van der Waals surface area contributed by atoms with E-state index in [0.29, 0.717) is 37.0 Å². The van der Waals surface area contributed by atoms with Gasteiger partial charge in [-0.25, -0.2) is 0 Å². The van der Waals surface area contributed by atoms with Gasteiger partial charge in [0.2, 0.25) is 0 Å². The maximum Gasteiger partial charge on any atom is 0.319 e. The molecule has 10 heteroatoms. The van der Waals surface area contributed by atoms with Crippen LogP contribution in [-0.2, 0) is 11.3 Å². The SMILES string of the molecule is COc1ccnc2c1C(C1CCN(c3cc(C(=O)C[C@@H]4CC[C@@H]4O)nc(OC[C@H]4CCCO4)n3)CC1)=NC2. The molecule has 1 N–H and O–H groups in total. The molecule has 0 bridgehead atoms. The van der Waals surface area contributed by atoms with Crippen LogP contribution >= 0.6 is 0 Å². The van der Waals surface area contributed by atoms with Gasteiger partial charge in [-0.3, -0.25) is 14.8 Å². The molecule has 0 spiro atoms. The molecule has 2 saturated heterocycles. The average molecular weight is 522 g/mol. The number of aliphatic imine (C=N–C) groups is 1. The number of ketones is 1. The molecular weight excluding hydrogens is 486 g/mol. The van der Waals surface area contributed by atoms with E-state index in [9.17, 15) is 9.90 Å². The number of anilines is 1. The number of methoxy groups -OCH3 is 1. The molecule has 0 unspecified atom stereocenters. The van der Waals surface area contributed by atoms with Crippen LogP contribution in [0.4, 0.5) is 5.82 Å². The van der Waals surface area contributed by atoms with Gasteiger partial charge in [-0.2, -0.15) is 9.97 Å². The predicted molar refractivity (Wildman–Crippen MR) is 140 cm³/mol. The molecule has 202 valence electrons. The second-order valence-corrected chi connectivity index (χ2v) is 10.7. The van der Waals surface area contributed by atoms with Crippen LogP contribution in [0.25, 0.3) is 0 Å². The summed E-state index contributed by atoms with van der Waals surface area (Å²) in [5, 5.41) is 9.98. The molecule has 0 aromatic carbocycles. The van der Waals surface area contributed by atoms with E-state index in [1.54, 1.807) is 19.4 Å². The fourth-order valence-corrected chi connectivity index (χ4v) is 5.86. The Balaban J connectivity index is 1.17. The van der Waals surface area contributed by atoms with Gasteiger partial charge in [0.1, 0.15) is 23.9 Å². The van der Waals surface area contributed by atoms with Crippen molar-refractivity contribution in [1.29, 1.82) is 0 Å². The molecule has 0 amide bonds. The molecule has 10 nitrogen and oxygen atoms in total. The molecule has 1 saturated carbocycles. The Morgan fingerprint density at radius 1 is 1.18 bits per heavy atom. The van der Waals surface area contributed by atoms with Crippen molar-refractivity contribution in [2.75, 3.05) is 38.3 Å². The lowest BCUT2D eigenvalue weighted by atomic mass is 9.78. The van der Waals surface area contributed by atoms with E-state index in [1.807, 2.05) is 6.07 Å². The van der Waals surface area contributed by atoms with Crippen LogP contribution in [-0.4, -0.2) is 77.2 Å². The van der Waals surface area contributed by atoms with E-state index in [0.717, 1.165) is 80.9 Å². The van der Waals surface area contributed by atoms with Crippen LogP contribution in [0.3, 0.4) is 0 Å². The summed E-state index contributed by atoms with van der Waals surface area (Å²) in [5.41, 5.74) is 3.46. The highest BCUT2D eigenvalue weighted by Gasteiger charge is 2.33. The van der Waals surface area contributed by atoms with Crippen LogP contribution in [0, 0.1) is 11.8 Å². The predicted octanol–water partition coefficient (Wildman–Crippen LogP) is 3.00. The van der Waals surface area contributed by atoms with Crippen molar-refractivity contribution >= 4 is 17.3 Å². The fourth-order valence-electron chi connectivity index (χ4n) is 5.86. The standard InChI is InChI=1S/C28H35N5O5/c1-36-24-6-9-29-21-15-30-27(26(21)24)17-7-10-33(11-8-17)25-14-20(23(35)13-18-4-5-22(18)34)31-28(32-25)38-16-19-3-2-12-37-19/h6,9,14,17-19,22,34H,2-5,7-8,10-13,15-16H2,1H3/t18-,19+,22-/m0/s1. The number of aromatic nitrogens is 3. The zero-order valence-electron chi connectivity index (χ0n) is 21.8. The van der Waals surface area contributed by atoms with E-state index < -0.39 is 6.10 Å². The summed E-state index contributed by atoms with van der Waals surface area (Å²) in [7, 11) is 1.69. The summed E-state index contributed by atoms with van der Waals surface area (Å²) in [4.78, 5) is 33.8. The molecule has 1 aliphatic carbocycles. The zero-order valence-corrected chi connectivity index (χ0v) is 21.8. The molecule has 0 radical (unpaired) electrons. The van der Waals surface area contributed by atoms with Gasteiger partial charge in [0.25, 0.3) is 0 Å². The minimum Gasteiger partial charge on any atom is -0.496 e. The highest BCUT2D eigenvalue weighted by Crippen LogP contribution is 2.35. The summed E-state index contributed by atoms with van der Waals surface area (Å²) < 4.78 is 17.2. The Morgan fingerprint density at radius 2 is 2.05 bits per heavy atom. The minimum absolute atomic E-state index is 0.00876. The van der Waals surface area contributed by atoms with E-state index in [-0.39, 0.29) is 23.8 Å². The number of ether oxygens (including phenoxy) is 3. The lowest BCUT2D eigenvalue weighted by Crippen LogP contribution is -2.37. The number of hydrogen-bond acceptors (Lipinski definition) is 10. The maximum atomic E-state index is 13.1. The van der Waals surface area contributed by atoms with Crippen LogP contribution in [0.1, 0.15) is 66.7 Å². The Bertz CT molecular complexity index is 1210. The number of aliphatic hydroxyl groups excluding tert-OH is 1. The molecule has 3 aliphatic heterocycles. The summed E-state index contributed by atoms with van der Waals surface area (Å²) in [5.74, 6) is 1.77. The van der Waals surface area contributed by atoms with E-state index in [4.69, 9.17) is 19.2 Å². The quantitative estimate of drug-likeness (QED) is 0.497. The number of nitrogens with zero attached hydrogens (tertiary/aromatic N) is 5. The first kappa shape index (κ1) is 25.2. The first-order valence-corrected chi connectivity index (χ1v) is 13.8. The Morgan fingerprint density at radius 3 is 2.76 bits per heavy atom. The van der Waals surface area contributed by atoms with Crippen LogP contribution in [0.5, 0.6) is 11.8 Å². The van der Waals surface area contributed by atoms with Crippen molar-refractivity contribution in [3.05, 3.63) is 35.3 Å². The highest BCUT2D eigenvalue weighted by molar-refractivity contribution is 6.07. The van der Waals surface area contributed by atoms with Crippen LogP contribution < -0.4 is 14.4 Å². The number of pyridine rings is 1. The van der Waals surface area contributed by atoms with Gasteiger partial charge >= 0.3 is 6.01 Å². The largest absolute Gasteiger partial charge is 0.496 e. The Hall–Kier alpha value is -3.11. The fraction of sp³-hybridized carbons (Fsp3) is 0.607. The second-order valence-electron chi connectivity index (χ2n) is 10.7. The highest BCUT2D eigenvalue weighted by atomic mass is 16.5. The van der Waals surface area contributed by atoms with Gasteiger partial charge in [-0.15, -0.1) is 0 Å². The number of hydrogen-bond donors (Lipinski definition) is 1. The molecule has 6 rings (SSSR count). The minimum atomic E-state index is -0.396. The molecule has 3 atom stereocenters. The molecule has 2 aromatic heterocycles. The van der Waals surface area contributed by atoms with Crippen LogP contribution in [0.15, 0.2) is 23.3 Å². The number of fused-ring (bicyclic) bond motifs is 1. The maximum absolute atomic E-state index is 13.1. The normalized spacial score (nSPS) is 25.1. The van der Waals surface area contributed by atoms with E-state index in [2.05, 4.69) is 19.9 Å². The number of rotatable bonds is 9. The summed E-state index contributed by atoms with van der Waals surface area (Å²) >= 11 is 0. The second kappa shape index (κ2) is 10.9. The van der Waals surface area contributed by atoms with Gasteiger partial charge in [0.05, 0.1) is 42.8 Å². The van der Waals surface area contributed by atoms with Crippen LogP contribution in [0.2, 0.25) is 0 Å². The van der Waals surface area contributed by atoms with Crippen molar-refractivity contribution in [3.63, 3.8) is 0 Å². The number of aliphatic hydroxyl groups is 1. The lowest BCUT2D eigenvalue weighted by Gasteiger charge is -2.33. The molecular formula is C28H35N5O5. The smallest absolute Gasteiger partial charge is 0.319 e. The summed E-state index contributed by atoms with van der Waals surface area (Å²) in [6, 6.07) is 3.89. The van der Waals surface area contributed by atoms with Crippen molar-refractivity contribution in [2.24, 2.45) is 16.8 Å².